The van der Waals surface area contributed by atoms with Crippen molar-refractivity contribution in [1.29, 1.82) is 0 Å². The molecule has 4 nitrogen and oxygen atoms in total. The number of rotatable bonds is 0. The molecule has 0 radical (unpaired) electrons. The molecule has 0 amide bonds. The third-order valence-electron chi connectivity index (χ3n) is 1.09. The maximum atomic E-state index is 3.85. The van der Waals surface area contributed by atoms with Gasteiger partial charge in [-0.25, -0.2) is 0 Å². The van der Waals surface area contributed by atoms with Gasteiger partial charge in [-0.05, 0) is 0 Å². The van der Waals surface area contributed by atoms with E-state index in [-0.39, 0.29) is 0 Å². The Morgan fingerprint density at radius 3 is 2.10 bits per heavy atom. The molecular formula is C6H12N4. The normalized spacial score (nSPS) is 18.4. The fourth-order valence-corrected chi connectivity index (χ4v) is 0.617. The van der Waals surface area contributed by atoms with Crippen LogP contribution < -0.4 is 16.0 Å². The van der Waals surface area contributed by atoms with Crippen LogP contribution in [0.4, 0.5) is 0 Å². The summed E-state index contributed by atoms with van der Waals surface area (Å²) in [7, 11) is 0. The molecule has 0 atom stereocenters. The van der Waals surface area contributed by atoms with E-state index in [1.807, 2.05) is 12.4 Å². The Morgan fingerprint density at radius 1 is 1.10 bits per heavy atom. The molecule has 0 aliphatic carbocycles. The summed E-state index contributed by atoms with van der Waals surface area (Å²) in [6.45, 7) is 2.88. The zero-order chi connectivity index (χ0) is 7.07. The number of hydrogen-bond acceptors (Lipinski definition) is 4. The van der Waals surface area contributed by atoms with Gasteiger partial charge in [0.25, 0.3) is 0 Å². The minimum absolute atomic E-state index is 0.889. The second kappa shape index (κ2) is 4.67. The molecule has 0 fully saturated rings. The zero-order valence-corrected chi connectivity index (χ0v) is 5.80. The molecule has 0 unspecified atom stereocenters. The van der Waals surface area contributed by atoms with Crippen molar-refractivity contribution in [3.05, 3.63) is 12.4 Å². The van der Waals surface area contributed by atoms with E-state index in [4.69, 9.17) is 0 Å². The van der Waals surface area contributed by atoms with Gasteiger partial charge in [0.05, 0.1) is 19.6 Å². The van der Waals surface area contributed by atoms with Gasteiger partial charge >= 0.3 is 0 Å². The molecule has 0 saturated carbocycles. The van der Waals surface area contributed by atoms with Crippen LogP contribution >= 0.6 is 0 Å². The van der Waals surface area contributed by atoms with Gasteiger partial charge < -0.3 is 16.0 Å². The Balaban J connectivity index is 0.0000001000. The Labute approximate surface area is 60.4 Å². The van der Waals surface area contributed by atoms with E-state index in [9.17, 15) is 0 Å². The van der Waals surface area contributed by atoms with Crippen molar-refractivity contribution < 1.29 is 0 Å². The second-order valence-electron chi connectivity index (χ2n) is 1.91. The highest BCUT2D eigenvalue weighted by atomic mass is 15.1. The lowest BCUT2D eigenvalue weighted by Gasteiger charge is -1.82. The highest BCUT2D eigenvalue weighted by Gasteiger charge is 1.82. The highest BCUT2D eigenvalue weighted by molar-refractivity contribution is 5.56. The minimum atomic E-state index is 0.889. The predicted octanol–water partition coefficient (Wildman–Crippen LogP) is -0.774. The fourth-order valence-electron chi connectivity index (χ4n) is 0.617. The van der Waals surface area contributed by atoms with Crippen molar-refractivity contribution in [2.45, 2.75) is 0 Å². The lowest BCUT2D eigenvalue weighted by molar-refractivity contribution is 0.836. The third kappa shape index (κ3) is 2.96. The monoisotopic (exact) mass is 140 g/mol. The molecule has 10 heavy (non-hydrogen) atoms. The summed E-state index contributed by atoms with van der Waals surface area (Å²) in [5.74, 6) is 0. The van der Waals surface area contributed by atoms with Crippen molar-refractivity contribution >= 4 is 6.34 Å². The van der Waals surface area contributed by atoms with E-state index in [1.54, 1.807) is 6.34 Å². The van der Waals surface area contributed by atoms with Crippen molar-refractivity contribution in [1.82, 2.24) is 16.0 Å². The van der Waals surface area contributed by atoms with Crippen LogP contribution in [0.25, 0.3) is 0 Å². The topological polar surface area (TPSA) is 48.5 Å². The lowest BCUT2D eigenvalue weighted by Crippen LogP contribution is -2.10. The lowest BCUT2D eigenvalue weighted by atomic mass is 10.7. The number of aliphatic imine (C=N–C) groups is 1. The van der Waals surface area contributed by atoms with Crippen LogP contribution in [-0.2, 0) is 0 Å². The van der Waals surface area contributed by atoms with Crippen LogP contribution in [0.5, 0.6) is 0 Å². The van der Waals surface area contributed by atoms with Crippen LogP contribution in [0.3, 0.4) is 0 Å². The minimum Gasteiger partial charge on any atom is -0.375 e. The van der Waals surface area contributed by atoms with Gasteiger partial charge in [-0.1, -0.05) is 0 Å². The summed E-state index contributed by atoms with van der Waals surface area (Å²) in [6.07, 6.45) is 5.49. The molecule has 56 valence electrons. The van der Waals surface area contributed by atoms with Gasteiger partial charge in [-0.3, -0.25) is 4.99 Å². The SMILES string of the molecule is C1=CNCN1.C1=NCCN1. The van der Waals surface area contributed by atoms with Gasteiger partial charge in [-0.15, -0.1) is 0 Å². The van der Waals surface area contributed by atoms with Gasteiger partial charge in [0.1, 0.15) is 0 Å². The quantitative estimate of drug-likeness (QED) is 0.414. The summed E-state index contributed by atoms with van der Waals surface area (Å²) in [5.41, 5.74) is 0. The average Bonchev–Trinajstić information content (AvgIpc) is 2.67. The number of nitrogens with one attached hydrogen (secondary N) is 3. The fraction of sp³-hybridized carbons (Fsp3) is 0.500. The van der Waals surface area contributed by atoms with Gasteiger partial charge in [0, 0.05) is 18.9 Å². The molecule has 4 heteroatoms. The standard InChI is InChI=1S/2C3H6N2/c2*1-2-5-3-4-1/h3H,1-2H2,(H,4,5);1-2,4-5H,3H2. The summed E-state index contributed by atoms with van der Waals surface area (Å²) >= 11 is 0. The molecule has 2 aliphatic heterocycles. The van der Waals surface area contributed by atoms with Crippen LogP contribution in [-0.4, -0.2) is 26.1 Å². The predicted molar refractivity (Wildman–Crippen MR) is 41.6 cm³/mol. The van der Waals surface area contributed by atoms with E-state index in [0.29, 0.717) is 0 Å². The molecule has 2 aliphatic rings. The van der Waals surface area contributed by atoms with Crippen LogP contribution in [0.2, 0.25) is 0 Å². The van der Waals surface area contributed by atoms with E-state index < -0.39 is 0 Å². The third-order valence-corrected chi connectivity index (χ3v) is 1.09. The first-order valence-electron chi connectivity index (χ1n) is 3.33. The summed E-state index contributed by atoms with van der Waals surface area (Å²) in [6, 6.07) is 0. The molecule has 2 rings (SSSR count). The molecule has 3 N–H and O–H groups in total. The van der Waals surface area contributed by atoms with E-state index in [2.05, 4.69) is 20.9 Å². The van der Waals surface area contributed by atoms with Crippen molar-refractivity contribution in [2.24, 2.45) is 4.99 Å². The smallest absolute Gasteiger partial charge is 0.0840 e. The van der Waals surface area contributed by atoms with Crippen molar-refractivity contribution in [3.63, 3.8) is 0 Å². The van der Waals surface area contributed by atoms with E-state index in [0.717, 1.165) is 19.8 Å². The first-order chi connectivity index (χ1) is 5.00. The Bertz CT molecular complexity index is 102. The Hall–Kier alpha value is -1.19. The summed E-state index contributed by atoms with van der Waals surface area (Å²) in [5, 5.41) is 8.79. The molecule has 0 saturated heterocycles. The first kappa shape index (κ1) is 6.92. The van der Waals surface area contributed by atoms with E-state index in [1.165, 1.54) is 0 Å². The van der Waals surface area contributed by atoms with Crippen LogP contribution in [0, 0.1) is 0 Å². The van der Waals surface area contributed by atoms with Crippen LogP contribution in [0.1, 0.15) is 0 Å². The summed E-state index contributed by atoms with van der Waals surface area (Å²) in [4.78, 5) is 3.85. The molecule has 0 aromatic carbocycles. The Morgan fingerprint density at radius 2 is 1.90 bits per heavy atom. The van der Waals surface area contributed by atoms with Crippen molar-refractivity contribution in [3.8, 4) is 0 Å². The molecular weight excluding hydrogens is 128 g/mol. The highest BCUT2D eigenvalue weighted by Crippen LogP contribution is 1.68. The van der Waals surface area contributed by atoms with E-state index >= 15 is 0 Å². The van der Waals surface area contributed by atoms with Gasteiger partial charge in [-0.2, -0.15) is 0 Å². The zero-order valence-electron chi connectivity index (χ0n) is 5.80. The van der Waals surface area contributed by atoms with Crippen molar-refractivity contribution in [2.75, 3.05) is 19.8 Å². The van der Waals surface area contributed by atoms with Gasteiger partial charge in [0.15, 0.2) is 0 Å². The summed E-state index contributed by atoms with van der Waals surface area (Å²) < 4.78 is 0. The number of nitrogens with zero attached hydrogens (tertiary/aromatic N) is 1. The van der Waals surface area contributed by atoms with Gasteiger partial charge in [0.2, 0.25) is 0 Å². The second-order valence-corrected chi connectivity index (χ2v) is 1.91. The molecule has 2 heterocycles. The molecule has 0 aromatic heterocycles. The first-order valence-corrected chi connectivity index (χ1v) is 3.33. The maximum Gasteiger partial charge on any atom is 0.0840 e. The van der Waals surface area contributed by atoms with Crippen LogP contribution in [0.15, 0.2) is 17.4 Å². The Kier molecular flexibility index (Phi) is 3.23. The average molecular weight is 140 g/mol. The molecule has 0 bridgehead atoms. The largest absolute Gasteiger partial charge is 0.375 e. The number of hydrogen-bond donors (Lipinski definition) is 3. The maximum absolute atomic E-state index is 3.85. The molecule has 0 aromatic rings. The molecule has 0 spiro atoms.